The molecule has 1 unspecified atom stereocenters. The fourth-order valence-corrected chi connectivity index (χ4v) is 5.76. The van der Waals surface area contributed by atoms with Crippen LogP contribution in [0.4, 0.5) is 11.6 Å². The van der Waals surface area contributed by atoms with Crippen molar-refractivity contribution in [2.45, 2.75) is 23.8 Å². The quantitative estimate of drug-likeness (QED) is 0.788. The third kappa shape index (κ3) is 2.73. The summed E-state index contributed by atoms with van der Waals surface area (Å²) < 4.78 is 48.8. The molecular weight excluding hydrogens is 316 g/mol. The Hall–Kier alpha value is -1.29. The number of nitrogens with zero attached hydrogens (tertiary/aromatic N) is 3. The Kier molecular flexibility index (Phi) is 3.53. The summed E-state index contributed by atoms with van der Waals surface area (Å²) in [6, 6.07) is 0. The first kappa shape index (κ1) is 16.1. The van der Waals surface area contributed by atoms with E-state index in [0.717, 1.165) is 6.26 Å². The number of hydrogen-bond acceptors (Lipinski definition) is 7. The molecule has 1 saturated heterocycles. The number of nitrogens with two attached hydrogens (primary N) is 1. The van der Waals surface area contributed by atoms with Crippen molar-refractivity contribution in [1.82, 2.24) is 9.78 Å². The molecule has 1 aliphatic rings. The predicted molar refractivity (Wildman–Crippen MR) is 81.0 cm³/mol. The molecule has 1 fully saturated rings. The van der Waals surface area contributed by atoms with E-state index in [4.69, 9.17) is 5.73 Å². The van der Waals surface area contributed by atoms with E-state index in [1.807, 2.05) is 0 Å². The van der Waals surface area contributed by atoms with Gasteiger partial charge in [0.2, 0.25) is 0 Å². The molecule has 0 bridgehead atoms. The number of hydrogen-bond donors (Lipinski definition) is 1. The van der Waals surface area contributed by atoms with Crippen molar-refractivity contribution in [2.24, 2.45) is 0 Å². The standard InChI is InChI=1S/C11H20N4O4S2/c1-11(5-6-21(18,19)7-11)15-9(12)8(20(4,16)17)10(13-15)14(2)3/h5-7,12H2,1-4H3. The molecule has 8 nitrogen and oxygen atoms in total. The van der Waals surface area contributed by atoms with Gasteiger partial charge in [-0.05, 0) is 13.3 Å². The van der Waals surface area contributed by atoms with Gasteiger partial charge in [-0.2, -0.15) is 5.10 Å². The van der Waals surface area contributed by atoms with Crippen LogP contribution < -0.4 is 10.6 Å². The van der Waals surface area contributed by atoms with E-state index in [9.17, 15) is 16.8 Å². The maximum Gasteiger partial charge on any atom is 0.182 e. The topological polar surface area (TPSA) is 115 Å². The highest BCUT2D eigenvalue weighted by Crippen LogP contribution is 2.37. The summed E-state index contributed by atoms with van der Waals surface area (Å²) in [6.07, 6.45) is 1.42. The SMILES string of the molecule is CN(C)c1nn(C2(C)CCS(=O)(=O)C2)c(N)c1S(C)(=O)=O. The van der Waals surface area contributed by atoms with Crippen LogP contribution in [0.25, 0.3) is 0 Å². The Bertz CT molecular complexity index is 779. The van der Waals surface area contributed by atoms with Gasteiger partial charge in [-0.1, -0.05) is 0 Å². The first-order valence-corrected chi connectivity index (χ1v) is 10.1. The third-order valence-corrected chi connectivity index (χ3v) is 6.67. The summed E-state index contributed by atoms with van der Waals surface area (Å²) in [4.78, 5) is 1.49. The maximum atomic E-state index is 12.0. The highest BCUT2D eigenvalue weighted by Gasteiger charge is 2.43. The number of nitrogen functional groups attached to an aromatic ring is 1. The Morgan fingerprint density at radius 3 is 2.29 bits per heavy atom. The summed E-state index contributed by atoms with van der Waals surface area (Å²) >= 11 is 0. The van der Waals surface area contributed by atoms with E-state index >= 15 is 0 Å². The van der Waals surface area contributed by atoms with Crippen LogP contribution in [-0.4, -0.2) is 58.5 Å². The van der Waals surface area contributed by atoms with Crippen molar-refractivity contribution in [2.75, 3.05) is 42.5 Å². The number of rotatable bonds is 3. The van der Waals surface area contributed by atoms with Crippen molar-refractivity contribution < 1.29 is 16.8 Å². The maximum absolute atomic E-state index is 12.0. The van der Waals surface area contributed by atoms with Crippen LogP contribution in [-0.2, 0) is 25.2 Å². The summed E-state index contributed by atoms with van der Waals surface area (Å²) in [5, 5.41) is 4.27. The fourth-order valence-electron chi connectivity index (χ4n) is 2.63. The minimum absolute atomic E-state index is 0.0131. The molecule has 0 aromatic carbocycles. The molecular formula is C11H20N4O4S2. The Labute approximate surface area is 124 Å². The van der Waals surface area contributed by atoms with Gasteiger partial charge in [-0.3, -0.25) is 0 Å². The molecule has 0 spiro atoms. The van der Waals surface area contributed by atoms with E-state index < -0.39 is 25.2 Å². The van der Waals surface area contributed by atoms with E-state index in [1.54, 1.807) is 25.9 Å². The second-order valence-corrected chi connectivity index (χ2v) is 10.1. The summed E-state index contributed by atoms with van der Waals surface area (Å²) in [5.41, 5.74) is 5.16. The molecule has 1 aromatic rings. The Morgan fingerprint density at radius 2 is 1.95 bits per heavy atom. The van der Waals surface area contributed by atoms with Crippen LogP contribution in [0, 0.1) is 0 Å². The highest BCUT2D eigenvalue weighted by atomic mass is 32.2. The van der Waals surface area contributed by atoms with Crippen molar-refractivity contribution in [3.63, 3.8) is 0 Å². The molecule has 2 rings (SSSR count). The molecule has 10 heteroatoms. The van der Waals surface area contributed by atoms with Gasteiger partial charge in [0.25, 0.3) is 0 Å². The van der Waals surface area contributed by atoms with Crippen LogP contribution in [0.1, 0.15) is 13.3 Å². The molecule has 2 N–H and O–H groups in total. The molecule has 1 atom stereocenters. The van der Waals surface area contributed by atoms with Gasteiger partial charge in [0.1, 0.15) is 5.82 Å². The van der Waals surface area contributed by atoms with Gasteiger partial charge in [-0.25, -0.2) is 21.5 Å². The Balaban J connectivity index is 2.68. The second kappa shape index (κ2) is 4.60. The van der Waals surface area contributed by atoms with Crippen molar-refractivity contribution in [1.29, 1.82) is 0 Å². The fraction of sp³-hybridized carbons (Fsp3) is 0.727. The van der Waals surface area contributed by atoms with Crippen LogP contribution in [0.5, 0.6) is 0 Å². The van der Waals surface area contributed by atoms with Crippen molar-refractivity contribution in [3.8, 4) is 0 Å². The molecule has 1 aromatic heterocycles. The minimum Gasteiger partial charge on any atom is -0.383 e. The van der Waals surface area contributed by atoms with Gasteiger partial charge in [0.15, 0.2) is 30.4 Å². The van der Waals surface area contributed by atoms with Crippen LogP contribution in [0.2, 0.25) is 0 Å². The normalized spacial score (nSPS) is 25.1. The van der Waals surface area contributed by atoms with Gasteiger partial charge >= 0.3 is 0 Å². The second-order valence-electron chi connectivity index (χ2n) is 5.96. The molecule has 0 amide bonds. The average molecular weight is 336 g/mol. The number of sulfone groups is 2. The highest BCUT2D eigenvalue weighted by molar-refractivity contribution is 7.91. The first-order chi connectivity index (χ1) is 9.37. The third-order valence-electron chi connectivity index (χ3n) is 3.65. The van der Waals surface area contributed by atoms with E-state index in [0.29, 0.717) is 6.42 Å². The zero-order valence-corrected chi connectivity index (χ0v) is 14.1. The van der Waals surface area contributed by atoms with Gasteiger partial charge in [0.05, 0.1) is 17.0 Å². The molecule has 120 valence electrons. The van der Waals surface area contributed by atoms with E-state index in [-0.39, 0.29) is 28.0 Å². The molecule has 0 aliphatic carbocycles. The summed E-state index contributed by atoms with van der Waals surface area (Å²) in [6.45, 7) is 1.73. The first-order valence-electron chi connectivity index (χ1n) is 6.34. The zero-order valence-electron chi connectivity index (χ0n) is 12.5. The molecule has 21 heavy (non-hydrogen) atoms. The van der Waals surface area contributed by atoms with E-state index in [2.05, 4.69) is 5.10 Å². The number of anilines is 2. The minimum atomic E-state index is -3.57. The molecule has 0 radical (unpaired) electrons. The lowest BCUT2D eigenvalue weighted by Gasteiger charge is -2.24. The van der Waals surface area contributed by atoms with Crippen molar-refractivity contribution in [3.05, 3.63) is 0 Å². The molecule has 0 saturated carbocycles. The summed E-state index contributed by atoms with van der Waals surface area (Å²) in [7, 11) is -3.41. The lowest BCUT2D eigenvalue weighted by Crippen LogP contribution is -2.33. The predicted octanol–water partition coefficient (Wildman–Crippen LogP) is -0.531. The van der Waals surface area contributed by atoms with Crippen molar-refractivity contribution >= 4 is 31.3 Å². The molecule has 2 heterocycles. The molecule has 1 aliphatic heterocycles. The lowest BCUT2D eigenvalue weighted by atomic mass is 10.0. The van der Waals surface area contributed by atoms with Gasteiger partial charge in [0, 0.05) is 20.4 Å². The van der Waals surface area contributed by atoms with Crippen LogP contribution in [0.3, 0.4) is 0 Å². The smallest absolute Gasteiger partial charge is 0.182 e. The van der Waals surface area contributed by atoms with Crippen LogP contribution >= 0.6 is 0 Å². The monoisotopic (exact) mass is 336 g/mol. The van der Waals surface area contributed by atoms with Gasteiger partial charge in [-0.15, -0.1) is 0 Å². The number of aromatic nitrogens is 2. The average Bonchev–Trinajstić information content (AvgIpc) is 2.76. The van der Waals surface area contributed by atoms with Crippen LogP contribution in [0.15, 0.2) is 4.90 Å². The Morgan fingerprint density at radius 1 is 1.38 bits per heavy atom. The zero-order chi connectivity index (χ0) is 16.2. The lowest BCUT2D eigenvalue weighted by molar-refractivity contribution is 0.334. The largest absolute Gasteiger partial charge is 0.383 e. The van der Waals surface area contributed by atoms with E-state index in [1.165, 1.54) is 4.68 Å². The van der Waals surface area contributed by atoms with Gasteiger partial charge < -0.3 is 10.6 Å². The summed E-state index contributed by atoms with van der Waals surface area (Å²) in [5.74, 6) is 0.164.